The molecule has 280 valence electrons. The first kappa shape index (κ1) is 39.1. The van der Waals surface area contributed by atoms with Gasteiger partial charge in [-0.15, -0.1) is 12.3 Å². The maximum absolute atomic E-state index is 13.3. The molecule has 0 bridgehead atoms. The van der Waals surface area contributed by atoms with E-state index in [1.54, 1.807) is 24.3 Å². The van der Waals surface area contributed by atoms with Crippen molar-refractivity contribution in [2.45, 2.75) is 51.6 Å². The topological polar surface area (TPSA) is 54.0 Å². The molecule has 0 saturated carbocycles. The minimum absolute atomic E-state index is 0.0691. The molecule has 0 fully saturated rings. The van der Waals surface area contributed by atoms with E-state index in [-0.39, 0.29) is 16.6 Å². The fourth-order valence-electron chi connectivity index (χ4n) is 6.40. The van der Waals surface area contributed by atoms with Crippen LogP contribution in [0.25, 0.3) is 0 Å². The Kier molecular flexibility index (Phi) is 12.2. The molecule has 7 heteroatoms. The van der Waals surface area contributed by atoms with Crippen LogP contribution >= 0.6 is 0 Å². The van der Waals surface area contributed by atoms with Crippen LogP contribution in [0.1, 0.15) is 65.9 Å². The van der Waals surface area contributed by atoms with Crippen LogP contribution in [0.3, 0.4) is 0 Å². The van der Waals surface area contributed by atoms with E-state index in [0.29, 0.717) is 22.6 Å². The van der Waals surface area contributed by atoms with Gasteiger partial charge in [0, 0.05) is 22.0 Å². The van der Waals surface area contributed by atoms with Gasteiger partial charge in [0.1, 0.15) is 43.3 Å². The van der Waals surface area contributed by atoms with E-state index in [0.717, 1.165) is 29.2 Å². The molecule has 1 atom stereocenters. The van der Waals surface area contributed by atoms with Gasteiger partial charge in [-0.25, -0.2) is 0 Å². The summed E-state index contributed by atoms with van der Waals surface area (Å²) in [7, 11) is -1.50. The third kappa shape index (κ3) is 9.55. The molecule has 0 aliphatic rings. The second-order valence-electron chi connectivity index (χ2n) is 14.9. The Balaban J connectivity index is 1.02. The average Bonchev–Trinajstić information content (AvgIpc) is 3.21. The molecule has 0 heterocycles. The highest BCUT2D eigenvalue weighted by molar-refractivity contribution is 6.62. The van der Waals surface area contributed by atoms with Gasteiger partial charge in [0.15, 0.2) is 5.78 Å². The van der Waals surface area contributed by atoms with Crippen LogP contribution in [0, 0.1) is 0 Å². The lowest BCUT2D eigenvalue weighted by Gasteiger charge is -2.26. The summed E-state index contributed by atoms with van der Waals surface area (Å²) in [4.78, 5) is 13.3. The zero-order valence-electron chi connectivity index (χ0n) is 32.7. The van der Waals surface area contributed by atoms with Crippen LogP contribution in [0.15, 0.2) is 158 Å². The van der Waals surface area contributed by atoms with Gasteiger partial charge in [0.25, 0.3) is 0 Å². The summed E-state index contributed by atoms with van der Waals surface area (Å²) in [6.45, 7) is 17.1. The van der Waals surface area contributed by atoms with Gasteiger partial charge in [0.05, 0.1) is 6.23 Å². The average molecular weight is 763 g/mol. The molecule has 6 rings (SSSR count). The van der Waals surface area contributed by atoms with Gasteiger partial charge in [0.2, 0.25) is 9.76 Å². The van der Waals surface area contributed by atoms with E-state index in [2.05, 4.69) is 108 Å². The monoisotopic (exact) mass is 762 g/mol. The molecule has 6 aromatic rings. The Morgan fingerprint density at radius 3 is 1.18 bits per heavy atom. The highest BCUT2D eigenvalue weighted by Crippen LogP contribution is 2.36. The van der Waals surface area contributed by atoms with Gasteiger partial charge >= 0.3 is 0 Å². The molecule has 6 aromatic carbocycles. The third-order valence-electron chi connectivity index (χ3n) is 10.2. The summed E-state index contributed by atoms with van der Waals surface area (Å²) in [5, 5.41) is 0. The summed E-state index contributed by atoms with van der Waals surface area (Å²) in [6, 6.07) is 47.6. The maximum Gasteiger partial charge on any atom is 0.216 e. The molecule has 0 amide bonds. The Hall–Kier alpha value is -5.64. The molecule has 55 heavy (non-hydrogen) atoms. The normalized spacial score (nSPS) is 12.3. The quantitative estimate of drug-likeness (QED) is 0.0726. The fourth-order valence-corrected chi connectivity index (χ4v) is 7.52. The van der Waals surface area contributed by atoms with Crippen molar-refractivity contribution < 1.29 is 23.4 Å². The van der Waals surface area contributed by atoms with Crippen molar-refractivity contribution in [2.75, 3.05) is 6.23 Å². The van der Waals surface area contributed by atoms with Crippen molar-refractivity contribution in [3.05, 3.63) is 191 Å². The van der Waals surface area contributed by atoms with Crippen LogP contribution in [-0.4, -0.2) is 30.6 Å². The highest BCUT2D eigenvalue weighted by Gasteiger charge is 2.24. The van der Waals surface area contributed by atoms with Crippen molar-refractivity contribution in [3.63, 3.8) is 0 Å². The molecule has 1 unspecified atom stereocenters. The van der Waals surface area contributed by atoms with E-state index in [1.807, 2.05) is 66.4 Å². The molecule has 5 nitrogen and oxygen atoms in total. The zero-order chi connectivity index (χ0) is 39.0. The highest BCUT2D eigenvalue weighted by atomic mass is 28.3. The summed E-state index contributed by atoms with van der Waals surface area (Å²) >= 11 is 0. The first-order valence-electron chi connectivity index (χ1n) is 18.9. The molecule has 0 N–H and O–H groups in total. The SMILES string of the molecule is C=C[SiH](C)COc1ccc(C(C)(C)c2ccc(Oc3ccc(C(=O)c4ccc(Oc5ccc(C(C)(C)c6ccc(O[SiH2]C)cc6)cc5)cc4)cc3)cc2)cc1. The summed E-state index contributed by atoms with van der Waals surface area (Å²) in [5.74, 6) is 4.54. The Morgan fingerprint density at radius 2 is 0.855 bits per heavy atom. The number of rotatable bonds is 16. The van der Waals surface area contributed by atoms with E-state index in [1.165, 1.54) is 22.3 Å². The number of ether oxygens (including phenoxy) is 3. The van der Waals surface area contributed by atoms with Gasteiger partial charge in [-0.2, -0.15) is 0 Å². The molecule has 0 radical (unpaired) electrons. The minimum atomic E-state index is -1.01. The second-order valence-corrected chi connectivity index (χ2v) is 18.5. The number of ketones is 1. The smallest absolute Gasteiger partial charge is 0.216 e. The van der Waals surface area contributed by atoms with Gasteiger partial charge in [-0.05, 0) is 126 Å². The van der Waals surface area contributed by atoms with Gasteiger partial charge in [-0.1, -0.05) is 82.8 Å². The largest absolute Gasteiger partial charge is 0.550 e. The van der Waals surface area contributed by atoms with Crippen molar-refractivity contribution in [1.82, 2.24) is 0 Å². The van der Waals surface area contributed by atoms with Gasteiger partial charge in [-0.3, -0.25) is 4.79 Å². The molecule has 0 saturated heterocycles. The van der Waals surface area contributed by atoms with Gasteiger partial charge < -0.3 is 18.6 Å². The Bertz CT molecular complexity index is 2170. The lowest BCUT2D eigenvalue weighted by molar-refractivity contribution is 0.103. The summed E-state index contributed by atoms with van der Waals surface area (Å²) in [6.07, 6.45) is 0.751. The number of hydrogen-bond acceptors (Lipinski definition) is 5. The molecular formula is C48H50O5Si2. The minimum Gasteiger partial charge on any atom is -0.550 e. The van der Waals surface area contributed by atoms with Crippen LogP contribution in [0.5, 0.6) is 34.5 Å². The molecule has 0 aliphatic heterocycles. The van der Waals surface area contributed by atoms with E-state index in [9.17, 15) is 4.79 Å². The lowest BCUT2D eigenvalue weighted by atomic mass is 9.78. The van der Waals surface area contributed by atoms with Crippen molar-refractivity contribution >= 4 is 24.3 Å². The number of hydrogen-bond donors (Lipinski definition) is 0. The van der Waals surface area contributed by atoms with E-state index in [4.69, 9.17) is 18.6 Å². The van der Waals surface area contributed by atoms with Crippen LogP contribution in [0.4, 0.5) is 0 Å². The predicted octanol–water partition coefficient (Wildman–Crippen LogP) is 11.2. The number of carbonyl (C=O) groups excluding carboxylic acids is 1. The van der Waals surface area contributed by atoms with Crippen molar-refractivity contribution in [2.24, 2.45) is 0 Å². The second kappa shape index (κ2) is 17.2. The maximum atomic E-state index is 13.3. The van der Waals surface area contributed by atoms with Crippen molar-refractivity contribution in [1.29, 1.82) is 0 Å². The van der Waals surface area contributed by atoms with E-state index < -0.39 is 18.6 Å². The van der Waals surface area contributed by atoms with E-state index >= 15 is 0 Å². The Morgan fingerprint density at radius 1 is 0.545 bits per heavy atom. The molecular weight excluding hydrogens is 713 g/mol. The standard InChI is InChI=1S/C48H50O5Si2/c1-8-55(7)33-50-40-25-13-36(14-26-40)47(2,3)37-15-27-43(28-16-37)51-41-21-9-34(10-22-41)46(49)35-11-23-42(24-12-35)52-44-29-17-38(18-30-44)48(4,5)39-19-31-45(32-20-39)53-54-6/h8-32,55H,1,33,54H2,2-7H3. The number of benzene rings is 6. The first-order chi connectivity index (χ1) is 26.5. The van der Waals surface area contributed by atoms with Crippen LogP contribution in [0.2, 0.25) is 13.1 Å². The zero-order valence-corrected chi connectivity index (χ0v) is 35.2. The summed E-state index contributed by atoms with van der Waals surface area (Å²) < 4.78 is 24.0. The lowest BCUT2D eigenvalue weighted by Crippen LogP contribution is -2.19. The van der Waals surface area contributed by atoms with Crippen LogP contribution < -0.4 is 18.6 Å². The predicted molar refractivity (Wildman–Crippen MR) is 230 cm³/mol. The van der Waals surface area contributed by atoms with Crippen LogP contribution in [-0.2, 0) is 10.8 Å². The molecule has 0 spiro atoms. The third-order valence-corrected chi connectivity index (χ3v) is 12.4. The first-order valence-corrected chi connectivity index (χ1v) is 23.5. The molecule has 0 aromatic heterocycles. The number of carbonyl (C=O) groups is 1. The fraction of sp³-hybridized carbons (Fsp3) is 0.188. The van der Waals surface area contributed by atoms with Crippen molar-refractivity contribution in [3.8, 4) is 34.5 Å². The summed E-state index contributed by atoms with van der Waals surface area (Å²) in [5.41, 5.74) is 7.62. The Labute approximate surface area is 330 Å². The molecule has 0 aliphatic carbocycles.